The molecule has 0 fully saturated rings. The first kappa shape index (κ1) is 19.7. The summed E-state index contributed by atoms with van der Waals surface area (Å²) in [6, 6.07) is 14.9. The molecule has 0 spiro atoms. The Balaban J connectivity index is 1.47. The molecule has 1 aliphatic carbocycles. The molecule has 1 aromatic heterocycles. The van der Waals surface area contributed by atoms with Gasteiger partial charge in [-0.05, 0) is 36.1 Å². The van der Waals surface area contributed by atoms with Gasteiger partial charge in [0.15, 0.2) is 6.04 Å². The Labute approximate surface area is 174 Å². The molecule has 7 nitrogen and oxygen atoms in total. The summed E-state index contributed by atoms with van der Waals surface area (Å²) < 4.78 is 7.10. The number of benzene rings is 2. The van der Waals surface area contributed by atoms with Gasteiger partial charge in [0.25, 0.3) is 0 Å². The van der Waals surface area contributed by atoms with E-state index in [1.807, 2.05) is 50.2 Å². The number of ether oxygens (including phenoxy) is 1. The van der Waals surface area contributed by atoms with E-state index >= 15 is 0 Å². The van der Waals surface area contributed by atoms with Crippen molar-refractivity contribution < 1.29 is 19.4 Å². The highest BCUT2D eigenvalue weighted by atomic mass is 16.5. The van der Waals surface area contributed by atoms with Crippen LogP contribution >= 0.6 is 0 Å². The van der Waals surface area contributed by atoms with Crippen molar-refractivity contribution in [1.29, 1.82) is 0 Å². The van der Waals surface area contributed by atoms with Crippen molar-refractivity contribution >= 4 is 12.1 Å². The number of aromatic nitrogens is 2. The van der Waals surface area contributed by atoms with Gasteiger partial charge in [0.2, 0.25) is 0 Å². The minimum Gasteiger partial charge on any atom is -0.479 e. The zero-order valence-electron chi connectivity index (χ0n) is 16.8. The monoisotopic (exact) mass is 405 g/mol. The minimum atomic E-state index is -1.23. The highest BCUT2D eigenvalue weighted by Crippen LogP contribution is 2.44. The molecule has 0 bridgehead atoms. The summed E-state index contributed by atoms with van der Waals surface area (Å²) >= 11 is 0. The maximum absolute atomic E-state index is 12.4. The van der Waals surface area contributed by atoms with Crippen molar-refractivity contribution in [2.24, 2.45) is 0 Å². The highest BCUT2D eigenvalue weighted by molar-refractivity contribution is 5.82. The summed E-state index contributed by atoms with van der Waals surface area (Å²) in [5, 5.41) is 16.1. The number of carbonyl (C=O) groups excluding carboxylic acids is 1. The molecule has 1 heterocycles. The molecule has 30 heavy (non-hydrogen) atoms. The van der Waals surface area contributed by atoms with Crippen LogP contribution in [0.25, 0.3) is 11.1 Å². The molecule has 1 atom stereocenters. The molecule has 0 saturated carbocycles. The molecule has 1 aliphatic rings. The molecule has 1 unspecified atom stereocenters. The number of carbonyl (C=O) groups is 2. The molecule has 0 radical (unpaired) electrons. The van der Waals surface area contributed by atoms with Gasteiger partial charge < -0.3 is 15.2 Å². The third-order valence-electron chi connectivity index (χ3n) is 5.34. The molecule has 4 rings (SSSR count). The lowest BCUT2D eigenvalue weighted by atomic mass is 9.98. The van der Waals surface area contributed by atoms with Gasteiger partial charge in [-0.3, -0.25) is 4.68 Å². The summed E-state index contributed by atoms with van der Waals surface area (Å²) in [5.74, 6) is -1.26. The molecule has 0 aliphatic heterocycles. The number of nitrogens with zero attached hydrogens (tertiary/aromatic N) is 2. The predicted octanol–water partition coefficient (Wildman–Crippen LogP) is 4.13. The van der Waals surface area contributed by atoms with Gasteiger partial charge >= 0.3 is 12.1 Å². The number of alkyl carbamates (subject to hydrolysis) is 1. The normalized spacial score (nSPS) is 13.6. The van der Waals surface area contributed by atoms with E-state index in [4.69, 9.17) is 4.74 Å². The van der Waals surface area contributed by atoms with E-state index in [-0.39, 0.29) is 18.6 Å². The highest BCUT2D eigenvalue weighted by Gasteiger charge is 2.30. The number of rotatable bonds is 6. The first-order valence-electron chi connectivity index (χ1n) is 9.84. The van der Waals surface area contributed by atoms with Gasteiger partial charge in [0, 0.05) is 23.7 Å². The number of aliphatic carboxylic acids is 1. The fourth-order valence-corrected chi connectivity index (χ4v) is 3.83. The quantitative estimate of drug-likeness (QED) is 0.643. The van der Waals surface area contributed by atoms with Crippen LogP contribution in [0, 0.1) is 0 Å². The van der Waals surface area contributed by atoms with Gasteiger partial charge in [-0.25, -0.2) is 9.59 Å². The number of hydrogen-bond donors (Lipinski definition) is 2. The Kier molecular flexibility index (Phi) is 5.27. The fraction of sp³-hybridized carbons (Fsp3) is 0.261. The first-order chi connectivity index (χ1) is 14.5. The SMILES string of the molecule is CC(C)n1cc(C(NC(=O)OCC2c3ccccc3-c3ccccc32)C(=O)O)cn1. The molecule has 3 aromatic rings. The fourth-order valence-electron chi connectivity index (χ4n) is 3.83. The lowest BCUT2D eigenvalue weighted by Crippen LogP contribution is -2.34. The molecule has 2 aromatic carbocycles. The maximum atomic E-state index is 12.4. The van der Waals surface area contributed by atoms with Gasteiger partial charge in [-0.2, -0.15) is 5.10 Å². The average Bonchev–Trinajstić information content (AvgIpc) is 3.34. The van der Waals surface area contributed by atoms with Crippen LogP contribution in [0.15, 0.2) is 60.9 Å². The summed E-state index contributed by atoms with van der Waals surface area (Å²) in [6.45, 7) is 3.99. The second-order valence-electron chi connectivity index (χ2n) is 7.59. The summed E-state index contributed by atoms with van der Waals surface area (Å²) in [6.07, 6.45) is 2.29. The van der Waals surface area contributed by atoms with Crippen LogP contribution in [0.4, 0.5) is 4.79 Å². The van der Waals surface area contributed by atoms with Gasteiger partial charge in [0.05, 0.1) is 6.20 Å². The number of carboxylic acids is 1. The Bertz CT molecular complexity index is 1040. The Morgan fingerprint density at radius 2 is 1.70 bits per heavy atom. The first-order valence-corrected chi connectivity index (χ1v) is 9.84. The molecule has 154 valence electrons. The summed E-state index contributed by atoms with van der Waals surface area (Å²) in [7, 11) is 0. The van der Waals surface area contributed by atoms with Gasteiger partial charge in [-0.1, -0.05) is 48.5 Å². The van der Waals surface area contributed by atoms with E-state index in [0.717, 1.165) is 22.3 Å². The Morgan fingerprint density at radius 1 is 1.10 bits per heavy atom. The van der Waals surface area contributed by atoms with Gasteiger partial charge in [0.1, 0.15) is 6.61 Å². The summed E-state index contributed by atoms with van der Waals surface area (Å²) in [4.78, 5) is 24.1. The number of hydrogen-bond acceptors (Lipinski definition) is 4. The molecule has 2 N–H and O–H groups in total. The van der Waals surface area contributed by atoms with Crippen LogP contribution in [0.1, 0.15) is 48.5 Å². The number of nitrogens with one attached hydrogen (secondary N) is 1. The standard InChI is InChI=1S/C23H23N3O4/c1-14(2)26-12-15(11-24-26)21(22(27)28)25-23(29)30-13-20-18-9-5-3-7-16(18)17-8-4-6-10-19(17)20/h3-12,14,20-21H,13H2,1-2H3,(H,25,29)(H,27,28). The van der Waals surface area contributed by atoms with Gasteiger partial charge in [-0.15, -0.1) is 0 Å². The number of carboxylic acid groups (broad SMARTS) is 1. The molecular formula is C23H23N3O4. The zero-order chi connectivity index (χ0) is 21.3. The van der Waals surface area contributed by atoms with Crippen LogP contribution in [-0.2, 0) is 9.53 Å². The van der Waals surface area contributed by atoms with E-state index in [1.54, 1.807) is 10.9 Å². The minimum absolute atomic E-state index is 0.0858. The Hall–Kier alpha value is -3.61. The lowest BCUT2D eigenvalue weighted by Gasteiger charge is -2.17. The van der Waals surface area contributed by atoms with Crippen LogP contribution in [0.5, 0.6) is 0 Å². The largest absolute Gasteiger partial charge is 0.479 e. The second kappa shape index (κ2) is 8.02. The van der Waals surface area contributed by atoms with Crippen LogP contribution < -0.4 is 5.32 Å². The Morgan fingerprint density at radius 3 is 2.23 bits per heavy atom. The average molecular weight is 405 g/mol. The zero-order valence-corrected chi connectivity index (χ0v) is 16.8. The predicted molar refractivity (Wildman–Crippen MR) is 111 cm³/mol. The van der Waals surface area contributed by atoms with Crippen molar-refractivity contribution in [3.63, 3.8) is 0 Å². The third-order valence-corrected chi connectivity index (χ3v) is 5.34. The molecular weight excluding hydrogens is 382 g/mol. The van der Waals surface area contributed by atoms with Crippen molar-refractivity contribution in [2.45, 2.75) is 31.8 Å². The molecule has 0 saturated heterocycles. The van der Waals surface area contributed by atoms with Crippen molar-refractivity contribution in [1.82, 2.24) is 15.1 Å². The molecule has 1 amide bonds. The number of fused-ring (bicyclic) bond motifs is 3. The van der Waals surface area contributed by atoms with E-state index < -0.39 is 18.1 Å². The van der Waals surface area contributed by atoms with Crippen LogP contribution in [0.3, 0.4) is 0 Å². The summed E-state index contributed by atoms with van der Waals surface area (Å²) in [5.41, 5.74) is 4.85. The molecule has 7 heteroatoms. The number of amides is 1. The van der Waals surface area contributed by atoms with E-state index in [9.17, 15) is 14.7 Å². The topological polar surface area (TPSA) is 93.5 Å². The lowest BCUT2D eigenvalue weighted by molar-refractivity contribution is -0.139. The van der Waals surface area contributed by atoms with E-state index in [2.05, 4.69) is 22.5 Å². The van der Waals surface area contributed by atoms with Crippen molar-refractivity contribution in [3.8, 4) is 11.1 Å². The smallest absolute Gasteiger partial charge is 0.408 e. The van der Waals surface area contributed by atoms with E-state index in [1.165, 1.54) is 6.20 Å². The van der Waals surface area contributed by atoms with Crippen molar-refractivity contribution in [3.05, 3.63) is 77.6 Å². The van der Waals surface area contributed by atoms with E-state index in [0.29, 0.717) is 5.56 Å². The third kappa shape index (κ3) is 3.66. The maximum Gasteiger partial charge on any atom is 0.408 e. The van der Waals surface area contributed by atoms with Crippen LogP contribution in [-0.4, -0.2) is 33.6 Å². The second-order valence-corrected chi connectivity index (χ2v) is 7.59. The van der Waals surface area contributed by atoms with Crippen LogP contribution in [0.2, 0.25) is 0 Å². The van der Waals surface area contributed by atoms with Crippen molar-refractivity contribution in [2.75, 3.05) is 6.61 Å².